The van der Waals surface area contributed by atoms with Gasteiger partial charge in [0, 0.05) is 16.9 Å². The number of sulfone groups is 1. The van der Waals surface area contributed by atoms with Crippen molar-refractivity contribution in [3.05, 3.63) is 84.2 Å². The number of rotatable bonds is 8. The molecule has 2 aromatic heterocycles. The van der Waals surface area contributed by atoms with E-state index in [1.807, 2.05) is 30.3 Å². The summed E-state index contributed by atoms with van der Waals surface area (Å²) in [6.45, 7) is 3.38. The van der Waals surface area contributed by atoms with Crippen molar-refractivity contribution in [1.82, 2.24) is 20.1 Å². The highest BCUT2D eigenvalue weighted by atomic mass is 32.2. The molecule has 0 aliphatic heterocycles. The first-order valence-electron chi connectivity index (χ1n) is 12.4. The van der Waals surface area contributed by atoms with Crippen molar-refractivity contribution < 1.29 is 13.3 Å². The number of fused-ring (bicyclic) bond motifs is 1. The quantitative estimate of drug-likeness (QED) is 0.293. The van der Waals surface area contributed by atoms with Gasteiger partial charge in [0.2, 0.25) is 5.95 Å². The highest BCUT2D eigenvalue weighted by molar-refractivity contribution is 7.92. The molecular formula is C28H31N5O3S. The summed E-state index contributed by atoms with van der Waals surface area (Å²) < 4.78 is 27.2. The van der Waals surface area contributed by atoms with Crippen LogP contribution in [0.1, 0.15) is 44.6 Å². The first-order valence-corrected chi connectivity index (χ1v) is 13.9. The van der Waals surface area contributed by atoms with Crippen molar-refractivity contribution >= 4 is 27.0 Å². The molecule has 1 unspecified atom stereocenters. The van der Waals surface area contributed by atoms with E-state index in [-0.39, 0.29) is 0 Å². The van der Waals surface area contributed by atoms with Gasteiger partial charge in [-0.3, -0.25) is 10.3 Å². The Labute approximate surface area is 217 Å². The fraction of sp³-hybridized carbons (Fsp3) is 0.286. The lowest BCUT2D eigenvalue weighted by Gasteiger charge is -2.22. The Morgan fingerprint density at radius 3 is 2.59 bits per heavy atom. The average molecular weight is 518 g/mol. The molecular weight excluding hydrogens is 486 g/mol. The minimum Gasteiger partial charge on any atom is -0.323 e. The van der Waals surface area contributed by atoms with E-state index in [0.29, 0.717) is 16.8 Å². The van der Waals surface area contributed by atoms with E-state index in [4.69, 9.17) is 9.94 Å². The maximum absolute atomic E-state index is 12.7. The van der Waals surface area contributed by atoms with Crippen LogP contribution in [0.25, 0.3) is 16.8 Å². The first kappa shape index (κ1) is 25.0. The fourth-order valence-electron chi connectivity index (χ4n) is 4.61. The lowest BCUT2D eigenvalue weighted by Crippen LogP contribution is -2.15. The Morgan fingerprint density at radius 2 is 1.89 bits per heavy atom. The molecule has 2 heterocycles. The van der Waals surface area contributed by atoms with Gasteiger partial charge in [0.1, 0.15) is 0 Å². The van der Waals surface area contributed by atoms with Crippen LogP contribution in [-0.4, -0.2) is 35.4 Å². The zero-order valence-electron chi connectivity index (χ0n) is 21.2. The summed E-state index contributed by atoms with van der Waals surface area (Å²) in [7, 11) is -1.74. The van der Waals surface area contributed by atoms with Gasteiger partial charge in [-0.25, -0.2) is 17.9 Å². The molecule has 0 fully saturated rings. The van der Waals surface area contributed by atoms with Crippen LogP contribution in [0.4, 0.5) is 11.6 Å². The topological polar surface area (TPSA) is 97.6 Å². The summed E-state index contributed by atoms with van der Waals surface area (Å²) in [5, 5.41) is 7.49. The van der Waals surface area contributed by atoms with E-state index in [1.54, 1.807) is 49.9 Å². The normalized spacial score (nSPS) is 16.1. The molecule has 1 aliphatic carbocycles. The number of hydrogen-bond acceptors (Lipinski definition) is 7. The second-order valence-electron chi connectivity index (χ2n) is 9.51. The zero-order chi connectivity index (χ0) is 26.0. The molecule has 5 rings (SSSR count). The number of allylic oxidation sites excluding steroid dienone is 2. The van der Waals surface area contributed by atoms with Crippen molar-refractivity contribution in [3.8, 4) is 11.3 Å². The molecule has 8 nitrogen and oxygen atoms in total. The fourth-order valence-corrected chi connectivity index (χ4v) is 5.71. The first-order chi connectivity index (χ1) is 17.8. The van der Waals surface area contributed by atoms with Gasteiger partial charge in [0.05, 0.1) is 34.7 Å². The lowest BCUT2D eigenvalue weighted by molar-refractivity contribution is 0.113. The second kappa shape index (κ2) is 10.4. The van der Waals surface area contributed by atoms with Crippen LogP contribution in [0.3, 0.4) is 0 Å². The minimum atomic E-state index is -3.38. The standard InChI is InChI=1S/C28H31N5O3S/c1-19(2)37(34,35)26-6-4-5-22(17-26)27-16-15-25-18-29-28(31-33(25)27)30-23-11-7-20(8-12-23)21-9-13-24(14-10-21)32-36-3/h4-8,11-13,15-19,21,32H,9-10,14H2,1-3H3,(H,30,31). The van der Waals surface area contributed by atoms with E-state index >= 15 is 0 Å². The Hall–Kier alpha value is -3.69. The maximum atomic E-state index is 12.7. The maximum Gasteiger partial charge on any atom is 0.245 e. The predicted octanol–water partition coefficient (Wildman–Crippen LogP) is 5.62. The van der Waals surface area contributed by atoms with Crippen molar-refractivity contribution in [1.29, 1.82) is 0 Å². The molecule has 2 aromatic carbocycles. The van der Waals surface area contributed by atoms with Gasteiger partial charge in [-0.15, -0.1) is 5.10 Å². The molecule has 1 aliphatic rings. The third-order valence-electron chi connectivity index (χ3n) is 6.76. The average Bonchev–Trinajstić information content (AvgIpc) is 3.33. The third-order valence-corrected chi connectivity index (χ3v) is 8.91. The number of aromatic nitrogens is 3. The number of hydrogen-bond donors (Lipinski definition) is 2. The molecule has 2 N–H and O–H groups in total. The molecule has 9 heteroatoms. The van der Waals surface area contributed by atoms with Crippen LogP contribution >= 0.6 is 0 Å². The van der Waals surface area contributed by atoms with E-state index in [0.717, 1.165) is 47.4 Å². The third kappa shape index (κ3) is 5.23. The highest BCUT2D eigenvalue weighted by Crippen LogP contribution is 2.32. The van der Waals surface area contributed by atoms with Gasteiger partial charge >= 0.3 is 0 Å². The summed E-state index contributed by atoms with van der Waals surface area (Å²) in [6, 6.07) is 19.2. The number of nitrogens with one attached hydrogen (secondary N) is 2. The van der Waals surface area contributed by atoms with Gasteiger partial charge < -0.3 is 5.32 Å². The van der Waals surface area contributed by atoms with Gasteiger partial charge in [-0.1, -0.05) is 30.3 Å². The van der Waals surface area contributed by atoms with Gasteiger partial charge in [0.15, 0.2) is 9.84 Å². The lowest BCUT2D eigenvalue weighted by atomic mass is 9.86. The van der Waals surface area contributed by atoms with E-state index in [9.17, 15) is 8.42 Å². The molecule has 0 bridgehead atoms. The number of benzene rings is 2. The van der Waals surface area contributed by atoms with Gasteiger partial charge in [-0.2, -0.15) is 0 Å². The van der Waals surface area contributed by atoms with Crippen molar-refractivity contribution in [3.63, 3.8) is 0 Å². The highest BCUT2D eigenvalue weighted by Gasteiger charge is 2.20. The Kier molecular flexibility index (Phi) is 6.99. The smallest absolute Gasteiger partial charge is 0.245 e. The van der Waals surface area contributed by atoms with Crippen LogP contribution in [0.5, 0.6) is 0 Å². The summed E-state index contributed by atoms with van der Waals surface area (Å²) in [5.74, 6) is 0.946. The zero-order valence-corrected chi connectivity index (χ0v) is 22.0. The van der Waals surface area contributed by atoms with Gasteiger partial charge in [0.25, 0.3) is 0 Å². The molecule has 0 saturated carbocycles. The van der Waals surface area contributed by atoms with Crippen molar-refractivity contribution in [2.24, 2.45) is 0 Å². The Bertz CT molecular complexity index is 1540. The summed E-state index contributed by atoms with van der Waals surface area (Å²) in [4.78, 5) is 9.78. The number of nitrogens with zero attached hydrogens (tertiary/aromatic N) is 3. The predicted molar refractivity (Wildman–Crippen MR) is 145 cm³/mol. The Balaban J connectivity index is 1.36. The van der Waals surface area contributed by atoms with Crippen molar-refractivity contribution in [2.75, 3.05) is 12.4 Å². The Morgan fingerprint density at radius 1 is 1.08 bits per heavy atom. The number of hydroxylamine groups is 1. The molecule has 37 heavy (non-hydrogen) atoms. The molecule has 1 atom stereocenters. The second-order valence-corrected chi connectivity index (χ2v) is 12.0. The monoisotopic (exact) mass is 517 g/mol. The summed E-state index contributed by atoms with van der Waals surface area (Å²) in [6.07, 6.45) is 6.98. The minimum absolute atomic E-state index is 0.307. The number of anilines is 2. The summed E-state index contributed by atoms with van der Waals surface area (Å²) >= 11 is 0. The SMILES string of the molecule is CONC1=CCC(c2ccc(Nc3ncc4ccc(-c5cccc(S(=O)(=O)C(C)C)c5)n4n3)cc2)CC1. The van der Waals surface area contributed by atoms with Crippen LogP contribution < -0.4 is 10.8 Å². The largest absolute Gasteiger partial charge is 0.323 e. The van der Waals surface area contributed by atoms with E-state index in [1.165, 1.54) is 5.56 Å². The molecule has 192 valence electrons. The molecule has 0 radical (unpaired) electrons. The summed E-state index contributed by atoms with van der Waals surface area (Å²) in [5.41, 5.74) is 8.68. The molecule has 0 spiro atoms. The molecule has 0 amide bonds. The molecule has 4 aromatic rings. The van der Waals surface area contributed by atoms with Crippen LogP contribution in [-0.2, 0) is 14.7 Å². The van der Waals surface area contributed by atoms with Crippen molar-refractivity contribution in [2.45, 2.75) is 49.2 Å². The van der Waals surface area contributed by atoms with Crippen LogP contribution in [0.2, 0.25) is 0 Å². The van der Waals surface area contributed by atoms with Crippen LogP contribution in [0, 0.1) is 0 Å². The van der Waals surface area contributed by atoms with Crippen LogP contribution in [0.15, 0.2) is 83.5 Å². The molecule has 0 saturated heterocycles. The van der Waals surface area contributed by atoms with Gasteiger partial charge in [-0.05, 0) is 81.0 Å². The van der Waals surface area contributed by atoms with E-state index < -0.39 is 15.1 Å². The van der Waals surface area contributed by atoms with E-state index in [2.05, 4.69) is 34.0 Å².